The molecule has 0 aliphatic carbocycles. The van der Waals surface area contributed by atoms with Crippen molar-refractivity contribution in [2.24, 2.45) is 0 Å². The number of anilines is 1. The second-order valence-corrected chi connectivity index (χ2v) is 3.43. The standard InChI is InChI=1S/C13H13N3/c1-15-8-4-5-10-9-16-13(14)12-7-3-2-6-11(10)12/h2-3,6-7,9,15H,8H2,1H3,(H2,14,16). The summed E-state index contributed by atoms with van der Waals surface area (Å²) in [6.07, 6.45) is 1.72. The van der Waals surface area contributed by atoms with E-state index in [4.69, 9.17) is 5.73 Å². The zero-order valence-electron chi connectivity index (χ0n) is 9.12. The number of rotatable bonds is 1. The van der Waals surface area contributed by atoms with Crippen molar-refractivity contribution in [3.05, 3.63) is 36.0 Å². The number of hydrogen-bond donors (Lipinski definition) is 2. The van der Waals surface area contributed by atoms with Crippen LogP contribution >= 0.6 is 0 Å². The molecule has 16 heavy (non-hydrogen) atoms. The van der Waals surface area contributed by atoms with Crippen LogP contribution in [0.15, 0.2) is 30.5 Å². The van der Waals surface area contributed by atoms with E-state index in [1.54, 1.807) is 6.20 Å². The van der Waals surface area contributed by atoms with Gasteiger partial charge in [-0.2, -0.15) is 0 Å². The molecule has 0 radical (unpaired) electrons. The van der Waals surface area contributed by atoms with Gasteiger partial charge in [-0.3, -0.25) is 0 Å². The van der Waals surface area contributed by atoms with E-state index in [2.05, 4.69) is 22.1 Å². The third-order valence-electron chi connectivity index (χ3n) is 2.31. The maximum atomic E-state index is 5.81. The first kappa shape index (κ1) is 10.5. The molecule has 0 bridgehead atoms. The highest BCUT2D eigenvalue weighted by Crippen LogP contribution is 2.21. The molecule has 0 aliphatic heterocycles. The van der Waals surface area contributed by atoms with Gasteiger partial charge in [0.15, 0.2) is 0 Å². The fourth-order valence-electron chi connectivity index (χ4n) is 1.54. The minimum Gasteiger partial charge on any atom is -0.383 e. The minimum atomic E-state index is 0.551. The van der Waals surface area contributed by atoms with Crippen molar-refractivity contribution in [3.8, 4) is 11.8 Å². The summed E-state index contributed by atoms with van der Waals surface area (Å²) in [5, 5.41) is 4.99. The van der Waals surface area contributed by atoms with Crippen molar-refractivity contribution < 1.29 is 0 Å². The van der Waals surface area contributed by atoms with E-state index in [0.717, 1.165) is 16.3 Å². The Balaban J connectivity index is 2.56. The van der Waals surface area contributed by atoms with Crippen molar-refractivity contribution in [3.63, 3.8) is 0 Å². The van der Waals surface area contributed by atoms with Crippen molar-refractivity contribution >= 4 is 16.6 Å². The maximum absolute atomic E-state index is 5.81. The molecule has 2 rings (SSSR count). The minimum absolute atomic E-state index is 0.551. The highest BCUT2D eigenvalue weighted by Gasteiger charge is 2.01. The van der Waals surface area contributed by atoms with Crippen LogP contribution in [0.1, 0.15) is 5.56 Å². The van der Waals surface area contributed by atoms with Crippen LogP contribution in [0.25, 0.3) is 10.8 Å². The van der Waals surface area contributed by atoms with Gasteiger partial charge in [0.2, 0.25) is 0 Å². The number of aromatic nitrogens is 1. The van der Waals surface area contributed by atoms with Gasteiger partial charge in [0.25, 0.3) is 0 Å². The zero-order chi connectivity index (χ0) is 11.4. The molecule has 3 N–H and O–H groups in total. The van der Waals surface area contributed by atoms with Gasteiger partial charge in [0.1, 0.15) is 5.82 Å². The van der Waals surface area contributed by atoms with Crippen LogP contribution in [0, 0.1) is 11.8 Å². The van der Waals surface area contributed by atoms with Gasteiger partial charge < -0.3 is 11.1 Å². The van der Waals surface area contributed by atoms with Crippen LogP contribution in [0.2, 0.25) is 0 Å². The molecule has 80 valence electrons. The molecule has 0 spiro atoms. The lowest BCUT2D eigenvalue weighted by atomic mass is 10.1. The third-order valence-corrected chi connectivity index (χ3v) is 2.31. The predicted molar refractivity (Wildman–Crippen MR) is 67.0 cm³/mol. The highest BCUT2D eigenvalue weighted by molar-refractivity contribution is 5.94. The maximum Gasteiger partial charge on any atom is 0.131 e. The van der Waals surface area contributed by atoms with Gasteiger partial charge in [0.05, 0.1) is 12.1 Å². The summed E-state index contributed by atoms with van der Waals surface area (Å²) in [7, 11) is 1.87. The first-order valence-corrected chi connectivity index (χ1v) is 5.09. The van der Waals surface area contributed by atoms with Gasteiger partial charge in [-0.05, 0) is 7.05 Å². The van der Waals surface area contributed by atoms with Gasteiger partial charge >= 0.3 is 0 Å². The Hall–Kier alpha value is -2.05. The molecule has 0 fully saturated rings. The largest absolute Gasteiger partial charge is 0.383 e. The molecular formula is C13H13N3. The molecule has 3 heteroatoms. The highest BCUT2D eigenvalue weighted by atomic mass is 14.8. The molecular weight excluding hydrogens is 198 g/mol. The summed E-state index contributed by atoms with van der Waals surface area (Å²) in [5.74, 6) is 6.66. The van der Waals surface area contributed by atoms with Crippen LogP contribution in [-0.2, 0) is 0 Å². The molecule has 1 heterocycles. The molecule has 0 atom stereocenters. The molecule has 0 aliphatic rings. The van der Waals surface area contributed by atoms with Crippen molar-refractivity contribution in [2.75, 3.05) is 19.3 Å². The molecule has 0 unspecified atom stereocenters. The Morgan fingerprint density at radius 1 is 1.31 bits per heavy atom. The SMILES string of the molecule is CNCC#Cc1cnc(N)c2ccccc12. The van der Waals surface area contributed by atoms with E-state index in [1.807, 2.05) is 31.3 Å². The van der Waals surface area contributed by atoms with Crippen LogP contribution in [0.5, 0.6) is 0 Å². The van der Waals surface area contributed by atoms with E-state index in [-0.39, 0.29) is 0 Å². The van der Waals surface area contributed by atoms with Crippen LogP contribution in [-0.4, -0.2) is 18.6 Å². The third kappa shape index (κ3) is 1.97. The number of nitrogens with two attached hydrogens (primary N) is 1. The average molecular weight is 211 g/mol. The first-order chi connectivity index (χ1) is 7.83. The van der Waals surface area contributed by atoms with Crippen LogP contribution < -0.4 is 11.1 Å². The topological polar surface area (TPSA) is 50.9 Å². The first-order valence-electron chi connectivity index (χ1n) is 5.09. The van der Waals surface area contributed by atoms with Crippen molar-refractivity contribution in [1.29, 1.82) is 0 Å². The van der Waals surface area contributed by atoms with Crippen LogP contribution in [0.3, 0.4) is 0 Å². The van der Waals surface area contributed by atoms with Gasteiger partial charge in [-0.15, -0.1) is 0 Å². The predicted octanol–water partition coefficient (Wildman–Crippen LogP) is 1.39. The summed E-state index contributed by atoms with van der Waals surface area (Å²) >= 11 is 0. The fraction of sp³-hybridized carbons (Fsp3) is 0.154. The molecule has 0 amide bonds. The zero-order valence-corrected chi connectivity index (χ0v) is 9.12. The van der Waals surface area contributed by atoms with Crippen molar-refractivity contribution in [2.45, 2.75) is 0 Å². The number of benzene rings is 1. The quantitative estimate of drug-likeness (QED) is 0.701. The number of nitrogen functional groups attached to an aromatic ring is 1. The Morgan fingerprint density at radius 2 is 2.06 bits per heavy atom. The monoisotopic (exact) mass is 211 g/mol. The molecule has 0 saturated heterocycles. The number of hydrogen-bond acceptors (Lipinski definition) is 3. The molecule has 2 aromatic rings. The Bertz CT molecular complexity index is 564. The summed E-state index contributed by atoms with van der Waals surface area (Å²) < 4.78 is 0. The molecule has 0 saturated carbocycles. The number of fused-ring (bicyclic) bond motifs is 1. The van der Waals surface area contributed by atoms with E-state index < -0.39 is 0 Å². The average Bonchev–Trinajstić information content (AvgIpc) is 2.33. The summed E-state index contributed by atoms with van der Waals surface area (Å²) in [6.45, 7) is 0.665. The smallest absolute Gasteiger partial charge is 0.131 e. The lowest BCUT2D eigenvalue weighted by molar-refractivity contribution is 0.938. The number of nitrogens with zero attached hydrogens (tertiary/aromatic N) is 1. The van der Waals surface area contributed by atoms with Crippen LogP contribution in [0.4, 0.5) is 5.82 Å². The lowest BCUT2D eigenvalue weighted by Crippen LogP contribution is -2.04. The normalized spacial score (nSPS) is 9.81. The number of pyridine rings is 1. The van der Waals surface area contributed by atoms with Crippen molar-refractivity contribution in [1.82, 2.24) is 10.3 Å². The molecule has 3 nitrogen and oxygen atoms in total. The summed E-state index contributed by atoms with van der Waals surface area (Å²) in [6, 6.07) is 7.90. The van der Waals surface area contributed by atoms with E-state index in [0.29, 0.717) is 12.4 Å². The second kappa shape index (κ2) is 4.65. The van der Waals surface area contributed by atoms with E-state index in [9.17, 15) is 0 Å². The van der Waals surface area contributed by atoms with Gasteiger partial charge in [0, 0.05) is 17.0 Å². The van der Waals surface area contributed by atoms with Gasteiger partial charge in [-0.25, -0.2) is 4.98 Å². The van der Waals surface area contributed by atoms with E-state index in [1.165, 1.54) is 0 Å². The Kier molecular flexibility index (Phi) is 3.04. The molecule has 1 aromatic carbocycles. The fourth-order valence-corrected chi connectivity index (χ4v) is 1.54. The second-order valence-electron chi connectivity index (χ2n) is 3.43. The Labute approximate surface area is 94.7 Å². The number of nitrogens with one attached hydrogen (secondary N) is 1. The Morgan fingerprint density at radius 3 is 2.81 bits per heavy atom. The van der Waals surface area contributed by atoms with E-state index >= 15 is 0 Å². The summed E-state index contributed by atoms with van der Waals surface area (Å²) in [5.41, 5.74) is 6.72. The molecule has 1 aromatic heterocycles. The summed E-state index contributed by atoms with van der Waals surface area (Å²) in [4.78, 5) is 4.14. The lowest BCUT2D eigenvalue weighted by Gasteiger charge is -2.02. The van der Waals surface area contributed by atoms with Gasteiger partial charge in [-0.1, -0.05) is 36.1 Å².